The van der Waals surface area contributed by atoms with Crippen LogP contribution in [0.5, 0.6) is 11.5 Å². The van der Waals surface area contributed by atoms with Gasteiger partial charge in [0.05, 0.1) is 11.0 Å². The Balaban J connectivity index is 0.927. The zero-order valence-electron chi connectivity index (χ0n) is 34.1. The molecule has 296 valence electrons. The van der Waals surface area contributed by atoms with Crippen LogP contribution in [0.1, 0.15) is 66.3 Å². The van der Waals surface area contributed by atoms with E-state index in [2.05, 4.69) is 158 Å². The average molecular weight is 816 g/mol. The summed E-state index contributed by atoms with van der Waals surface area (Å²) in [7, 11) is 0. The number of nitrogens with zero attached hydrogens (tertiary/aromatic N) is 3. The molecule has 4 nitrogen and oxygen atoms in total. The molecule has 2 aromatic heterocycles. The van der Waals surface area contributed by atoms with E-state index in [-0.39, 0.29) is 0 Å². The number of benzene rings is 7. The zero-order valence-corrected chi connectivity index (χ0v) is 35.0. The molecular formula is C57H41N3OS. The molecule has 15 rings (SSSR count). The number of aromatic nitrogens is 3. The van der Waals surface area contributed by atoms with Crippen LogP contribution in [-0.4, -0.2) is 15.0 Å². The van der Waals surface area contributed by atoms with Gasteiger partial charge in [-0.25, -0.2) is 15.0 Å². The summed E-state index contributed by atoms with van der Waals surface area (Å²) in [4.78, 5) is 16.1. The molecule has 0 amide bonds. The summed E-state index contributed by atoms with van der Waals surface area (Å²) >= 11 is 1.82. The van der Waals surface area contributed by atoms with Crippen molar-refractivity contribution >= 4 is 31.5 Å². The molecule has 6 aliphatic rings. The molecular weight excluding hydrogens is 775 g/mol. The molecule has 5 aliphatic carbocycles. The highest BCUT2D eigenvalue weighted by atomic mass is 32.1. The maximum absolute atomic E-state index is 7.11. The maximum Gasteiger partial charge on any atom is 0.167 e. The third-order valence-corrected chi connectivity index (χ3v) is 17.7. The first-order valence-corrected chi connectivity index (χ1v) is 23.3. The molecule has 3 heterocycles. The van der Waals surface area contributed by atoms with E-state index in [0.717, 1.165) is 57.1 Å². The maximum atomic E-state index is 7.11. The normalized spacial score (nSPS) is 24.9. The van der Waals surface area contributed by atoms with Gasteiger partial charge in [0.2, 0.25) is 0 Å². The standard InChI is InChI=1S/C57H41N3OS/c1-4-14-44-39(10-1)40-11-2-5-15-45(40)57(44)46-16-6-7-18-48(46)61-51-43(13-9-17-47(51)57)54-59-52(58-53(60-54)34-22-25-42-41-12-3-8-19-49(41)62-50(42)27-34)33-20-23-37(24-21-33)56-30-36-29-55(32-56)28-35(36)26-38(55)31-56/h1-25,27,35-36,38H,26,28-32H2/t35?,36-,38-,55?,56?/m1/s1. The second-order valence-electron chi connectivity index (χ2n) is 19.4. The fourth-order valence-electron chi connectivity index (χ4n) is 14.4. The van der Waals surface area contributed by atoms with Crippen LogP contribution in [0.15, 0.2) is 158 Å². The lowest BCUT2D eigenvalue weighted by Gasteiger charge is -2.40. The van der Waals surface area contributed by atoms with E-state index >= 15 is 0 Å². The Bertz CT molecular complexity index is 3350. The molecule has 62 heavy (non-hydrogen) atoms. The fourth-order valence-corrected chi connectivity index (χ4v) is 15.5. The van der Waals surface area contributed by atoms with Gasteiger partial charge in [-0.3, -0.25) is 0 Å². The van der Waals surface area contributed by atoms with Crippen LogP contribution < -0.4 is 4.74 Å². The van der Waals surface area contributed by atoms with Gasteiger partial charge in [-0.05, 0) is 119 Å². The first-order chi connectivity index (χ1) is 30.6. The van der Waals surface area contributed by atoms with Gasteiger partial charge >= 0.3 is 0 Å². The van der Waals surface area contributed by atoms with E-state index in [0.29, 0.717) is 28.3 Å². The number of hydrogen-bond donors (Lipinski definition) is 0. The van der Waals surface area contributed by atoms with E-state index < -0.39 is 5.41 Å². The van der Waals surface area contributed by atoms with Crippen molar-refractivity contribution in [1.82, 2.24) is 15.0 Å². The third-order valence-electron chi connectivity index (χ3n) is 16.6. The monoisotopic (exact) mass is 815 g/mol. The van der Waals surface area contributed by atoms with E-state index in [1.54, 1.807) is 0 Å². The second-order valence-corrected chi connectivity index (χ2v) is 20.5. The van der Waals surface area contributed by atoms with Crippen LogP contribution >= 0.6 is 11.3 Å². The average Bonchev–Trinajstić information content (AvgIpc) is 4.05. The van der Waals surface area contributed by atoms with Crippen molar-refractivity contribution in [3.8, 4) is 56.8 Å². The number of thiophene rings is 1. The van der Waals surface area contributed by atoms with Crippen LogP contribution in [0.2, 0.25) is 0 Å². The molecule has 0 N–H and O–H groups in total. The van der Waals surface area contributed by atoms with Crippen molar-refractivity contribution in [2.24, 2.45) is 23.2 Å². The van der Waals surface area contributed by atoms with Gasteiger partial charge < -0.3 is 4.74 Å². The highest BCUT2D eigenvalue weighted by Gasteiger charge is 2.68. The quantitative estimate of drug-likeness (QED) is 0.178. The van der Waals surface area contributed by atoms with Crippen molar-refractivity contribution < 1.29 is 4.74 Å². The summed E-state index contributed by atoms with van der Waals surface area (Å²) < 4.78 is 9.61. The highest BCUT2D eigenvalue weighted by Crippen LogP contribution is 2.77. The molecule has 7 aromatic carbocycles. The van der Waals surface area contributed by atoms with E-state index in [1.165, 1.54) is 86.5 Å². The van der Waals surface area contributed by atoms with Crippen LogP contribution in [0.3, 0.4) is 0 Å². The van der Waals surface area contributed by atoms with E-state index in [1.807, 2.05) is 11.3 Å². The molecule has 2 spiro atoms. The van der Waals surface area contributed by atoms with Crippen LogP contribution in [0, 0.1) is 23.2 Å². The lowest BCUT2D eigenvalue weighted by atomic mass is 9.64. The van der Waals surface area contributed by atoms with Crippen molar-refractivity contribution in [3.63, 3.8) is 0 Å². The Morgan fingerprint density at radius 1 is 0.500 bits per heavy atom. The Morgan fingerprint density at radius 2 is 1.15 bits per heavy atom. The molecule has 0 saturated heterocycles. The largest absolute Gasteiger partial charge is 0.456 e. The lowest BCUT2D eigenvalue weighted by Crippen LogP contribution is -2.33. The number of para-hydroxylation sites is 2. The first kappa shape index (κ1) is 34.2. The fraction of sp³-hybridized carbons (Fsp3) is 0.211. The third kappa shape index (κ3) is 4.35. The van der Waals surface area contributed by atoms with Gasteiger partial charge in [0, 0.05) is 42.4 Å². The topological polar surface area (TPSA) is 47.9 Å². The summed E-state index contributed by atoms with van der Waals surface area (Å²) in [6.45, 7) is 0. The SMILES string of the molecule is c1ccc2c(c1)Oc1c(-c3nc(-c4ccc(C56C[C@H]7CC8(CC7C[C@@H]8C5)C6)cc4)nc(-c4ccc5c(c4)sc4ccccc45)n3)cccc1C21c2ccccc2-c2ccccc21. The number of fused-ring (bicyclic) bond motifs is 16. The van der Waals surface area contributed by atoms with Gasteiger partial charge in [-0.2, -0.15) is 0 Å². The number of ether oxygens (including phenoxy) is 1. The smallest absolute Gasteiger partial charge is 0.167 e. The minimum Gasteiger partial charge on any atom is -0.456 e. The Morgan fingerprint density at radius 3 is 1.98 bits per heavy atom. The van der Waals surface area contributed by atoms with Crippen LogP contribution in [0.25, 0.3) is 65.5 Å². The lowest BCUT2D eigenvalue weighted by molar-refractivity contribution is 0.141. The molecule has 4 saturated carbocycles. The Labute approximate surface area is 364 Å². The predicted molar refractivity (Wildman–Crippen MR) is 249 cm³/mol. The molecule has 5 heteroatoms. The van der Waals surface area contributed by atoms with E-state index in [9.17, 15) is 0 Å². The second kappa shape index (κ2) is 11.9. The first-order valence-electron chi connectivity index (χ1n) is 22.5. The van der Waals surface area contributed by atoms with Crippen LogP contribution in [-0.2, 0) is 10.8 Å². The zero-order chi connectivity index (χ0) is 40.4. The summed E-state index contributed by atoms with van der Waals surface area (Å²) in [6, 6.07) is 57.6. The summed E-state index contributed by atoms with van der Waals surface area (Å²) in [5.41, 5.74) is 12.0. The van der Waals surface area contributed by atoms with Gasteiger partial charge in [0.15, 0.2) is 17.5 Å². The molecule has 9 aromatic rings. The van der Waals surface area contributed by atoms with Crippen molar-refractivity contribution in [2.45, 2.75) is 49.4 Å². The Hall–Kier alpha value is -6.43. The van der Waals surface area contributed by atoms with Crippen molar-refractivity contribution in [2.75, 3.05) is 0 Å². The van der Waals surface area contributed by atoms with E-state index in [4.69, 9.17) is 19.7 Å². The minimum absolute atomic E-state index is 0.330. The molecule has 4 fully saturated rings. The molecule has 5 atom stereocenters. The van der Waals surface area contributed by atoms with Crippen molar-refractivity contribution in [1.29, 1.82) is 0 Å². The van der Waals surface area contributed by atoms with Gasteiger partial charge in [-0.15, -0.1) is 11.3 Å². The van der Waals surface area contributed by atoms with Crippen LogP contribution in [0.4, 0.5) is 0 Å². The Kier molecular flexibility index (Phi) is 6.58. The molecule has 1 aliphatic heterocycles. The predicted octanol–water partition coefficient (Wildman–Crippen LogP) is 14.2. The summed E-state index contributed by atoms with van der Waals surface area (Å²) in [5.74, 6) is 6.41. The minimum atomic E-state index is -0.578. The van der Waals surface area contributed by atoms with Gasteiger partial charge in [0.25, 0.3) is 0 Å². The van der Waals surface area contributed by atoms with Crippen molar-refractivity contribution in [3.05, 3.63) is 186 Å². The molecule has 4 bridgehead atoms. The van der Waals surface area contributed by atoms with Gasteiger partial charge in [0.1, 0.15) is 11.5 Å². The molecule has 0 radical (unpaired) electrons. The number of rotatable bonds is 4. The summed E-state index contributed by atoms with van der Waals surface area (Å²) in [5, 5.41) is 2.54. The number of hydrogen-bond acceptors (Lipinski definition) is 5. The highest BCUT2D eigenvalue weighted by molar-refractivity contribution is 7.25. The summed E-state index contributed by atoms with van der Waals surface area (Å²) in [6.07, 6.45) is 8.59. The van der Waals surface area contributed by atoms with Gasteiger partial charge in [-0.1, -0.05) is 133 Å². The molecule has 3 unspecified atom stereocenters.